The summed E-state index contributed by atoms with van der Waals surface area (Å²) in [6.07, 6.45) is 0. The van der Waals surface area contributed by atoms with Crippen molar-refractivity contribution in [3.63, 3.8) is 0 Å². The predicted molar refractivity (Wildman–Crippen MR) is 97.6 cm³/mol. The summed E-state index contributed by atoms with van der Waals surface area (Å²) in [5, 5.41) is 0. The van der Waals surface area contributed by atoms with Crippen LogP contribution in [-0.2, 0) is 9.53 Å². The molecule has 0 fully saturated rings. The average Bonchev–Trinajstić information content (AvgIpc) is 2.92. The lowest BCUT2D eigenvalue weighted by molar-refractivity contribution is -0.146. The molecule has 0 saturated heterocycles. The largest absolute Gasteiger partial charge is 0.456 e. The van der Waals surface area contributed by atoms with E-state index in [2.05, 4.69) is 0 Å². The van der Waals surface area contributed by atoms with E-state index < -0.39 is 30.4 Å². The van der Waals surface area contributed by atoms with Crippen LogP contribution in [0.1, 0.15) is 49.1 Å². The lowest BCUT2D eigenvalue weighted by Crippen LogP contribution is -2.44. The maximum absolute atomic E-state index is 12.4. The first-order valence-electron chi connectivity index (χ1n) is 8.55. The van der Waals surface area contributed by atoms with Crippen LogP contribution in [0.2, 0.25) is 0 Å². The van der Waals surface area contributed by atoms with Crippen LogP contribution < -0.4 is 0 Å². The second-order valence-corrected chi connectivity index (χ2v) is 6.55. The Labute approximate surface area is 156 Å². The van der Waals surface area contributed by atoms with Gasteiger partial charge in [-0.25, -0.2) is 4.79 Å². The number of ether oxygens (including phenoxy) is 1. The molecule has 0 spiro atoms. The number of carbonyl (C=O) groups excluding carboxylic acids is 4. The molecule has 6 heteroatoms. The fourth-order valence-electron chi connectivity index (χ4n) is 3.04. The Balaban J connectivity index is 1.68. The Morgan fingerprint density at radius 3 is 2.19 bits per heavy atom. The number of esters is 1. The molecule has 1 atom stereocenters. The number of rotatable bonds is 5. The van der Waals surface area contributed by atoms with Crippen molar-refractivity contribution < 1.29 is 23.9 Å². The van der Waals surface area contributed by atoms with Gasteiger partial charge in [0.2, 0.25) is 5.78 Å². The molecule has 1 aliphatic rings. The first-order chi connectivity index (χ1) is 12.8. The third-order valence-electron chi connectivity index (χ3n) is 4.59. The minimum atomic E-state index is -1.12. The van der Waals surface area contributed by atoms with Gasteiger partial charge in [-0.05, 0) is 44.5 Å². The number of imide groups is 1. The summed E-state index contributed by atoms with van der Waals surface area (Å²) in [7, 11) is 0. The zero-order valence-corrected chi connectivity index (χ0v) is 15.3. The zero-order valence-electron chi connectivity index (χ0n) is 15.3. The van der Waals surface area contributed by atoms with Gasteiger partial charge in [-0.3, -0.25) is 19.3 Å². The summed E-state index contributed by atoms with van der Waals surface area (Å²) in [6, 6.07) is 10.7. The van der Waals surface area contributed by atoms with E-state index in [9.17, 15) is 19.2 Å². The molecule has 0 N–H and O–H groups in total. The van der Waals surface area contributed by atoms with Crippen molar-refractivity contribution >= 4 is 23.6 Å². The molecule has 0 radical (unpaired) electrons. The van der Waals surface area contributed by atoms with Crippen LogP contribution in [0.4, 0.5) is 0 Å². The minimum absolute atomic E-state index is 0.258. The number of aryl methyl sites for hydroxylation is 2. The first-order valence-corrected chi connectivity index (χ1v) is 8.55. The van der Waals surface area contributed by atoms with Crippen molar-refractivity contribution in [1.29, 1.82) is 0 Å². The van der Waals surface area contributed by atoms with Gasteiger partial charge in [0.25, 0.3) is 11.8 Å². The van der Waals surface area contributed by atoms with Crippen molar-refractivity contribution in [2.75, 3.05) is 6.61 Å². The quantitative estimate of drug-likeness (QED) is 0.462. The summed E-state index contributed by atoms with van der Waals surface area (Å²) < 4.78 is 5.09. The summed E-state index contributed by atoms with van der Waals surface area (Å²) in [5.41, 5.74) is 2.71. The highest BCUT2D eigenvalue weighted by Gasteiger charge is 2.41. The van der Waals surface area contributed by atoms with E-state index in [0.29, 0.717) is 5.56 Å². The lowest BCUT2D eigenvalue weighted by Gasteiger charge is -2.20. The number of carbonyl (C=O) groups is 4. The molecule has 0 bridgehead atoms. The molecular weight excluding hydrogens is 346 g/mol. The molecule has 2 aromatic rings. The molecule has 138 valence electrons. The second kappa shape index (κ2) is 7.15. The van der Waals surface area contributed by atoms with Gasteiger partial charge in [0.15, 0.2) is 6.61 Å². The van der Waals surface area contributed by atoms with E-state index in [1.165, 1.54) is 19.1 Å². The van der Waals surface area contributed by atoms with E-state index in [4.69, 9.17) is 4.74 Å². The number of amides is 2. The summed E-state index contributed by atoms with van der Waals surface area (Å²) in [6.45, 7) is 4.63. The van der Waals surface area contributed by atoms with E-state index in [-0.39, 0.29) is 16.9 Å². The van der Waals surface area contributed by atoms with Crippen LogP contribution in [0.5, 0.6) is 0 Å². The standard InChI is InChI=1S/C21H19NO5/c1-12-8-9-13(2)17(10-12)18(23)11-27-21(26)14(3)22-19(24)15-6-4-5-7-16(15)20(22)25/h4-10,14H,11H2,1-3H3/t14-/m0/s1. The minimum Gasteiger partial charge on any atom is -0.456 e. The van der Waals surface area contributed by atoms with Crippen LogP contribution in [0.25, 0.3) is 0 Å². The van der Waals surface area contributed by atoms with E-state index in [0.717, 1.165) is 16.0 Å². The summed E-state index contributed by atoms with van der Waals surface area (Å²) in [5.74, 6) is -2.22. The van der Waals surface area contributed by atoms with Gasteiger partial charge in [0.05, 0.1) is 11.1 Å². The van der Waals surface area contributed by atoms with Gasteiger partial charge in [-0.2, -0.15) is 0 Å². The van der Waals surface area contributed by atoms with Gasteiger partial charge in [-0.15, -0.1) is 0 Å². The fourth-order valence-corrected chi connectivity index (χ4v) is 3.04. The number of hydrogen-bond donors (Lipinski definition) is 0. The lowest BCUT2D eigenvalue weighted by atomic mass is 10.0. The molecule has 0 saturated carbocycles. The highest BCUT2D eigenvalue weighted by atomic mass is 16.5. The Morgan fingerprint density at radius 2 is 1.59 bits per heavy atom. The normalized spacial score (nSPS) is 14.1. The van der Waals surface area contributed by atoms with E-state index in [1.807, 2.05) is 19.1 Å². The SMILES string of the molecule is Cc1ccc(C)c(C(=O)COC(=O)[C@H](C)N2C(=O)c3ccccc3C2=O)c1. The maximum Gasteiger partial charge on any atom is 0.329 e. The second-order valence-electron chi connectivity index (χ2n) is 6.55. The van der Waals surface area contributed by atoms with Gasteiger partial charge in [-0.1, -0.05) is 29.8 Å². The Kier molecular flexibility index (Phi) is 4.90. The van der Waals surface area contributed by atoms with Crippen LogP contribution in [-0.4, -0.2) is 41.1 Å². The van der Waals surface area contributed by atoms with Crippen molar-refractivity contribution in [2.24, 2.45) is 0 Å². The molecular formula is C21H19NO5. The molecule has 3 rings (SSSR count). The number of ketones is 1. The summed E-state index contributed by atoms with van der Waals surface area (Å²) in [4.78, 5) is 50.4. The highest BCUT2D eigenvalue weighted by molar-refractivity contribution is 6.22. The van der Waals surface area contributed by atoms with E-state index >= 15 is 0 Å². The maximum atomic E-state index is 12.4. The van der Waals surface area contributed by atoms with Crippen LogP contribution in [0.15, 0.2) is 42.5 Å². The van der Waals surface area contributed by atoms with Crippen molar-refractivity contribution in [2.45, 2.75) is 26.8 Å². The molecule has 2 amide bonds. The molecule has 1 aliphatic heterocycles. The van der Waals surface area contributed by atoms with Crippen LogP contribution in [0, 0.1) is 13.8 Å². The van der Waals surface area contributed by atoms with Gasteiger partial charge in [0.1, 0.15) is 6.04 Å². The van der Waals surface area contributed by atoms with E-state index in [1.54, 1.807) is 25.1 Å². The van der Waals surface area contributed by atoms with Crippen molar-refractivity contribution in [3.05, 3.63) is 70.3 Å². The zero-order chi connectivity index (χ0) is 19.7. The fraction of sp³-hybridized carbons (Fsp3) is 0.238. The topological polar surface area (TPSA) is 80.8 Å². The van der Waals surface area contributed by atoms with Crippen molar-refractivity contribution in [1.82, 2.24) is 4.90 Å². The summed E-state index contributed by atoms with van der Waals surface area (Å²) >= 11 is 0. The molecule has 0 aliphatic carbocycles. The Bertz CT molecular complexity index is 928. The number of fused-ring (bicyclic) bond motifs is 1. The number of Topliss-reactive ketones (excluding diaryl/α,β-unsaturated/α-hetero) is 1. The number of benzene rings is 2. The van der Waals surface area contributed by atoms with Gasteiger partial charge >= 0.3 is 5.97 Å². The Hall–Kier alpha value is -3.28. The third-order valence-corrected chi connectivity index (χ3v) is 4.59. The molecule has 6 nitrogen and oxygen atoms in total. The first kappa shape index (κ1) is 18.5. The third kappa shape index (κ3) is 3.38. The Morgan fingerprint density at radius 1 is 1.00 bits per heavy atom. The molecule has 2 aromatic carbocycles. The van der Waals surface area contributed by atoms with Crippen molar-refractivity contribution in [3.8, 4) is 0 Å². The smallest absolute Gasteiger partial charge is 0.329 e. The molecule has 0 aromatic heterocycles. The number of nitrogens with zero attached hydrogens (tertiary/aromatic N) is 1. The average molecular weight is 365 g/mol. The predicted octanol–water partition coefficient (Wildman–Crippen LogP) is 2.71. The highest BCUT2D eigenvalue weighted by Crippen LogP contribution is 2.24. The van der Waals surface area contributed by atoms with Gasteiger partial charge < -0.3 is 4.74 Å². The van der Waals surface area contributed by atoms with Crippen LogP contribution >= 0.6 is 0 Å². The molecule has 27 heavy (non-hydrogen) atoms. The molecule has 0 unspecified atom stereocenters. The number of hydrogen-bond acceptors (Lipinski definition) is 5. The van der Waals surface area contributed by atoms with Crippen LogP contribution in [0.3, 0.4) is 0 Å². The monoisotopic (exact) mass is 365 g/mol. The van der Waals surface area contributed by atoms with Gasteiger partial charge in [0, 0.05) is 5.56 Å². The molecule has 1 heterocycles.